The van der Waals surface area contributed by atoms with Crippen LogP contribution in [0, 0.1) is 5.92 Å². The Bertz CT molecular complexity index is 749. The fourth-order valence-electron chi connectivity index (χ4n) is 3.94. The monoisotopic (exact) mass is 378 g/mol. The zero-order chi connectivity index (χ0) is 19.9. The highest BCUT2D eigenvalue weighted by Crippen LogP contribution is 2.18. The second-order valence-electron chi connectivity index (χ2n) is 8.58. The van der Waals surface area contributed by atoms with Gasteiger partial charge in [-0.25, -0.2) is 0 Å². The van der Waals surface area contributed by atoms with Crippen molar-refractivity contribution in [3.8, 4) is 0 Å². The van der Waals surface area contributed by atoms with E-state index in [0.29, 0.717) is 12.5 Å². The van der Waals surface area contributed by atoms with Crippen molar-refractivity contribution in [2.45, 2.75) is 52.5 Å². The van der Waals surface area contributed by atoms with E-state index in [2.05, 4.69) is 67.4 Å². The van der Waals surface area contributed by atoms with Crippen LogP contribution in [0.25, 0.3) is 0 Å². The molecule has 0 aliphatic carbocycles. The van der Waals surface area contributed by atoms with Crippen molar-refractivity contribution in [1.29, 1.82) is 0 Å². The molecule has 0 unspecified atom stereocenters. The molecule has 2 aromatic carbocycles. The predicted octanol–water partition coefficient (Wildman–Crippen LogP) is 5.01. The van der Waals surface area contributed by atoms with Crippen molar-refractivity contribution in [2.24, 2.45) is 5.92 Å². The summed E-state index contributed by atoms with van der Waals surface area (Å²) in [7, 11) is 0. The first kappa shape index (κ1) is 20.6. The molecule has 1 heterocycles. The normalized spacial score (nSPS) is 17.6. The maximum Gasteiger partial charge on any atom is 0.251 e. The van der Waals surface area contributed by atoms with Crippen LogP contribution in [0.3, 0.4) is 0 Å². The molecule has 3 heteroatoms. The molecule has 0 saturated carbocycles. The van der Waals surface area contributed by atoms with E-state index in [-0.39, 0.29) is 5.91 Å². The van der Waals surface area contributed by atoms with Gasteiger partial charge in [0.1, 0.15) is 0 Å². The van der Waals surface area contributed by atoms with Crippen LogP contribution >= 0.6 is 0 Å². The maximum absolute atomic E-state index is 12.4. The Morgan fingerprint density at radius 1 is 1.07 bits per heavy atom. The number of amides is 1. The molecule has 0 spiro atoms. The first-order valence-corrected chi connectivity index (χ1v) is 10.7. The van der Waals surface area contributed by atoms with E-state index in [1.54, 1.807) is 0 Å². The minimum Gasteiger partial charge on any atom is -0.352 e. The van der Waals surface area contributed by atoms with Crippen LogP contribution in [0.2, 0.25) is 0 Å². The van der Waals surface area contributed by atoms with E-state index < -0.39 is 0 Å². The SMILES string of the molecule is CC(C)c1ccc(CCNC(=O)c2ccc(CN3CCC[C@H](C)C3)cc2)cc1. The molecule has 1 fully saturated rings. The lowest BCUT2D eigenvalue weighted by atomic mass is 9.99. The number of rotatable bonds is 7. The van der Waals surface area contributed by atoms with Gasteiger partial charge in [-0.15, -0.1) is 0 Å². The summed E-state index contributed by atoms with van der Waals surface area (Å²) in [6.45, 7) is 10.7. The highest BCUT2D eigenvalue weighted by Gasteiger charge is 2.16. The minimum atomic E-state index is 0.0111. The van der Waals surface area contributed by atoms with Crippen LogP contribution in [0.15, 0.2) is 48.5 Å². The van der Waals surface area contributed by atoms with Gasteiger partial charge in [0.2, 0.25) is 0 Å². The molecule has 1 saturated heterocycles. The Labute approximate surface area is 170 Å². The highest BCUT2D eigenvalue weighted by atomic mass is 16.1. The molecule has 1 aliphatic heterocycles. The second-order valence-corrected chi connectivity index (χ2v) is 8.58. The number of piperidine rings is 1. The topological polar surface area (TPSA) is 32.3 Å². The van der Waals surface area contributed by atoms with Gasteiger partial charge in [0.15, 0.2) is 0 Å². The summed E-state index contributed by atoms with van der Waals surface area (Å²) in [4.78, 5) is 14.9. The average molecular weight is 379 g/mol. The molecular formula is C25H34N2O. The van der Waals surface area contributed by atoms with Crippen molar-refractivity contribution >= 4 is 5.91 Å². The van der Waals surface area contributed by atoms with Crippen LogP contribution < -0.4 is 5.32 Å². The molecule has 3 rings (SSSR count). The first-order valence-electron chi connectivity index (χ1n) is 10.7. The molecule has 1 atom stereocenters. The number of benzene rings is 2. The summed E-state index contributed by atoms with van der Waals surface area (Å²) in [5.74, 6) is 1.35. The molecule has 3 nitrogen and oxygen atoms in total. The van der Waals surface area contributed by atoms with Crippen LogP contribution in [0.4, 0.5) is 0 Å². The number of nitrogens with one attached hydrogen (secondary N) is 1. The third-order valence-electron chi connectivity index (χ3n) is 5.71. The molecule has 150 valence electrons. The number of hydrogen-bond donors (Lipinski definition) is 1. The summed E-state index contributed by atoms with van der Waals surface area (Å²) < 4.78 is 0. The van der Waals surface area contributed by atoms with E-state index >= 15 is 0 Å². The quantitative estimate of drug-likeness (QED) is 0.734. The second kappa shape index (κ2) is 9.88. The summed E-state index contributed by atoms with van der Waals surface area (Å²) in [6, 6.07) is 16.8. The lowest BCUT2D eigenvalue weighted by Crippen LogP contribution is -2.33. The van der Waals surface area contributed by atoms with Crippen molar-refractivity contribution in [1.82, 2.24) is 10.2 Å². The van der Waals surface area contributed by atoms with Gasteiger partial charge in [-0.2, -0.15) is 0 Å². The minimum absolute atomic E-state index is 0.0111. The van der Waals surface area contributed by atoms with Crippen molar-refractivity contribution < 1.29 is 4.79 Å². The zero-order valence-corrected chi connectivity index (χ0v) is 17.6. The molecule has 1 aliphatic rings. The third kappa shape index (κ3) is 5.93. The van der Waals surface area contributed by atoms with Gasteiger partial charge in [-0.05, 0) is 66.5 Å². The fourth-order valence-corrected chi connectivity index (χ4v) is 3.94. The maximum atomic E-state index is 12.4. The van der Waals surface area contributed by atoms with E-state index in [0.717, 1.165) is 24.4 Å². The Hall–Kier alpha value is -2.13. The van der Waals surface area contributed by atoms with E-state index in [1.165, 1.54) is 42.6 Å². The average Bonchev–Trinajstić information content (AvgIpc) is 2.69. The molecule has 2 aromatic rings. The van der Waals surface area contributed by atoms with Gasteiger partial charge in [0.05, 0.1) is 0 Å². The van der Waals surface area contributed by atoms with Gasteiger partial charge in [0, 0.05) is 25.2 Å². The van der Waals surface area contributed by atoms with Crippen molar-refractivity contribution in [3.63, 3.8) is 0 Å². The zero-order valence-electron chi connectivity index (χ0n) is 17.6. The summed E-state index contributed by atoms with van der Waals surface area (Å²) in [6.07, 6.45) is 3.49. The summed E-state index contributed by atoms with van der Waals surface area (Å²) >= 11 is 0. The Kier molecular flexibility index (Phi) is 7.27. The number of carbonyl (C=O) groups is 1. The van der Waals surface area contributed by atoms with Crippen LogP contribution in [0.5, 0.6) is 0 Å². The smallest absolute Gasteiger partial charge is 0.251 e. The highest BCUT2D eigenvalue weighted by molar-refractivity contribution is 5.94. The van der Waals surface area contributed by atoms with Crippen molar-refractivity contribution in [2.75, 3.05) is 19.6 Å². The molecule has 28 heavy (non-hydrogen) atoms. The molecule has 0 radical (unpaired) electrons. The van der Waals surface area contributed by atoms with Crippen LogP contribution in [0.1, 0.15) is 66.6 Å². The molecule has 1 N–H and O–H groups in total. The van der Waals surface area contributed by atoms with Crippen LogP contribution in [-0.4, -0.2) is 30.4 Å². The number of likely N-dealkylation sites (tertiary alicyclic amines) is 1. The third-order valence-corrected chi connectivity index (χ3v) is 5.71. The predicted molar refractivity (Wildman–Crippen MR) is 117 cm³/mol. The summed E-state index contributed by atoms with van der Waals surface area (Å²) in [5, 5.41) is 3.04. The Morgan fingerprint density at radius 2 is 1.75 bits per heavy atom. The molecule has 0 bridgehead atoms. The fraction of sp³-hybridized carbons (Fsp3) is 0.480. The Balaban J connectivity index is 1.45. The van der Waals surface area contributed by atoms with Gasteiger partial charge in [-0.3, -0.25) is 9.69 Å². The number of nitrogens with zero attached hydrogens (tertiary/aromatic N) is 1. The van der Waals surface area contributed by atoms with Gasteiger partial charge in [0.25, 0.3) is 5.91 Å². The van der Waals surface area contributed by atoms with E-state index in [9.17, 15) is 4.79 Å². The lowest BCUT2D eigenvalue weighted by molar-refractivity contribution is 0.0954. The standard InChI is InChI=1S/C25H34N2O/c1-19(2)23-10-6-21(7-11-23)14-15-26-25(28)24-12-8-22(9-13-24)18-27-16-4-5-20(3)17-27/h6-13,19-20H,4-5,14-18H2,1-3H3,(H,26,28)/t20-/m0/s1. The van der Waals surface area contributed by atoms with Gasteiger partial charge in [-0.1, -0.05) is 57.2 Å². The lowest BCUT2D eigenvalue weighted by Gasteiger charge is -2.30. The molecule has 0 aromatic heterocycles. The van der Waals surface area contributed by atoms with Gasteiger partial charge >= 0.3 is 0 Å². The first-order chi connectivity index (χ1) is 13.5. The van der Waals surface area contributed by atoms with Crippen molar-refractivity contribution in [3.05, 3.63) is 70.8 Å². The molecular weight excluding hydrogens is 344 g/mol. The largest absolute Gasteiger partial charge is 0.352 e. The Morgan fingerprint density at radius 3 is 2.39 bits per heavy atom. The molecule has 1 amide bonds. The number of carbonyl (C=O) groups excluding carboxylic acids is 1. The summed E-state index contributed by atoms with van der Waals surface area (Å²) in [5.41, 5.74) is 4.64. The van der Waals surface area contributed by atoms with E-state index in [4.69, 9.17) is 0 Å². The van der Waals surface area contributed by atoms with Crippen LogP contribution in [-0.2, 0) is 13.0 Å². The van der Waals surface area contributed by atoms with Gasteiger partial charge < -0.3 is 5.32 Å². The van der Waals surface area contributed by atoms with E-state index in [1.807, 2.05) is 12.1 Å². The number of hydrogen-bond acceptors (Lipinski definition) is 2.